The summed E-state index contributed by atoms with van der Waals surface area (Å²) >= 11 is 1.34. The van der Waals surface area contributed by atoms with Crippen molar-refractivity contribution < 1.29 is 9.53 Å². The molecule has 0 unspecified atom stereocenters. The molecule has 0 saturated heterocycles. The molecule has 4 rings (SSSR count). The van der Waals surface area contributed by atoms with Gasteiger partial charge in [0.25, 0.3) is 5.91 Å². The van der Waals surface area contributed by atoms with E-state index in [2.05, 4.69) is 65.8 Å². The summed E-state index contributed by atoms with van der Waals surface area (Å²) in [5.74, 6) is 1.43. The maximum atomic E-state index is 12.5. The number of carbonyl (C=O) groups excluding carboxylic acids is 1. The topological polar surface area (TPSA) is 81.4 Å². The lowest BCUT2D eigenvalue weighted by Crippen LogP contribution is -2.20. The van der Waals surface area contributed by atoms with Gasteiger partial charge in [0, 0.05) is 17.7 Å². The summed E-state index contributed by atoms with van der Waals surface area (Å²) in [6.07, 6.45) is 1.62. The summed E-state index contributed by atoms with van der Waals surface area (Å²) in [5.41, 5.74) is 5.78. The van der Waals surface area contributed by atoms with E-state index in [9.17, 15) is 4.79 Å². The molecule has 0 aliphatic heterocycles. The van der Waals surface area contributed by atoms with Crippen LogP contribution in [0.3, 0.4) is 0 Å². The highest BCUT2D eigenvalue weighted by atomic mass is 32.2. The molecule has 186 valence electrons. The number of fused-ring (bicyclic) bond motifs is 1. The number of amides is 1. The number of methoxy groups -OCH3 is 1. The summed E-state index contributed by atoms with van der Waals surface area (Å²) < 4.78 is 7.50. The normalized spacial score (nSPS) is 11.8. The van der Waals surface area contributed by atoms with Gasteiger partial charge in [-0.2, -0.15) is 5.10 Å². The van der Waals surface area contributed by atoms with E-state index in [0.29, 0.717) is 17.5 Å². The van der Waals surface area contributed by atoms with E-state index in [1.807, 2.05) is 47.9 Å². The van der Waals surface area contributed by atoms with Crippen LogP contribution in [-0.2, 0) is 16.8 Å². The summed E-state index contributed by atoms with van der Waals surface area (Å²) in [6, 6.07) is 20.3. The number of rotatable bonds is 8. The SMILES string of the molecule is CCn1c(SCC(=O)N/N=C/c2c(OC)ccc3ccccc23)nnc1-c1ccc(C(C)(C)C)cc1. The Bertz CT molecular complexity index is 1390. The van der Waals surface area contributed by atoms with Crippen LogP contribution in [0.15, 0.2) is 70.9 Å². The van der Waals surface area contributed by atoms with Gasteiger partial charge in [-0.1, -0.05) is 87.1 Å². The van der Waals surface area contributed by atoms with E-state index in [-0.39, 0.29) is 17.1 Å². The second-order valence-electron chi connectivity index (χ2n) is 9.36. The number of nitrogens with one attached hydrogen (secondary N) is 1. The Kier molecular flexibility index (Phi) is 7.74. The smallest absolute Gasteiger partial charge is 0.250 e. The van der Waals surface area contributed by atoms with Gasteiger partial charge in [-0.3, -0.25) is 4.79 Å². The lowest BCUT2D eigenvalue weighted by molar-refractivity contribution is -0.118. The molecule has 7 nitrogen and oxygen atoms in total. The Hall–Kier alpha value is -3.65. The molecule has 1 N–H and O–H groups in total. The van der Waals surface area contributed by atoms with Crippen LogP contribution in [0, 0.1) is 0 Å². The Morgan fingerprint density at radius 2 is 1.83 bits per heavy atom. The van der Waals surface area contributed by atoms with Gasteiger partial charge < -0.3 is 9.30 Å². The van der Waals surface area contributed by atoms with Crippen molar-refractivity contribution in [2.45, 2.75) is 44.8 Å². The van der Waals surface area contributed by atoms with E-state index in [0.717, 1.165) is 27.7 Å². The monoisotopic (exact) mass is 501 g/mol. The molecule has 0 aliphatic carbocycles. The Labute approximate surface area is 216 Å². The van der Waals surface area contributed by atoms with E-state index >= 15 is 0 Å². The molecule has 1 aromatic heterocycles. The molecule has 1 heterocycles. The van der Waals surface area contributed by atoms with Crippen molar-refractivity contribution in [3.05, 3.63) is 71.8 Å². The van der Waals surface area contributed by atoms with Gasteiger partial charge in [0.05, 0.1) is 19.1 Å². The van der Waals surface area contributed by atoms with Crippen LogP contribution in [0.1, 0.15) is 38.8 Å². The van der Waals surface area contributed by atoms with Crippen molar-refractivity contribution >= 4 is 34.7 Å². The molecular weight excluding hydrogens is 470 g/mol. The number of benzene rings is 3. The van der Waals surface area contributed by atoms with E-state index < -0.39 is 0 Å². The van der Waals surface area contributed by atoms with Crippen molar-refractivity contribution in [3.8, 4) is 17.1 Å². The standard InChI is InChI=1S/C28H31N5O2S/c1-6-33-26(20-11-14-21(15-12-20)28(2,3)4)31-32-27(33)36-18-25(34)30-29-17-23-22-10-8-7-9-19(22)13-16-24(23)35-5/h7-17H,6,18H2,1-5H3,(H,30,34)/b29-17+. The summed E-state index contributed by atoms with van der Waals surface area (Å²) in [7, 11) is 1.62. The minimum Gasteiger partial charge on any atom is -0.496 e. The molecular formula is C28H31N5O2S. The molecule has 0 fully saturated rings. The first-order valence-electron chi connectivity index (χ1n) is 11.9. The molecule has 0 saturated carbocycles. The van der Waals surface area contributed by atoms with E-state index in [4.69, 9.17) is 4.74 Å². The Morgan fingerprint density at radius 3 is 2.53 bits per heavy atom. The van der Waals surface area contributed by atoms with Crippen molar-refractivity contribution in [1.29, 1.82) is 0 Å². The molecule has 0 bridgehead atoms. The van der Waals surface area contributed by atoms with Crippen LogP contribution < -0.4 is 10.2 Å². The largest absolute Gasteiger partial charge is 0.496 e. The van der Waals surface area contributed by atoms with Gasteiger partial charge in [-0.25, -0.2) is 5.43 Å². The lowest BCUT2D eigenvalue weighted by Gasteiger charge is -2.19. The Balaban J connectivity index is 1.42. The number of hydrogen-bond donors (Lipinski definition) is 1. The third-order valence-corrected chi connectivity index (χ3v) is 6.87. The summed E-state index contributed by atoms with van der Waals surface area (Å²) in [5, 5.41) is 15.7. The molecule has 36 heavy (non-hydrogen) atoms. The average molecular weight is 502 g/mol. The second kappa shape index (κ2) is 11.0. The van der Waals surface area contributed by atoms with Gasteiger partial charge in [0.2, 0.25) is 0 Å². The number of thioether (sulfide) groups is 1. The third-order valence-electron chi connectivity index (χ3n) is 5.91. The Morgan fingerprint density at radius 1 is 1.08 bits per heavy atom. The van der Waals surface area contributed by atoms with Crippen LogP contribution in [0.25, 0.3) is 22.2 Å². The molecule has 4 aromatic rings. The van der Waals surface area contributed by atoms with Gasteiger partial charge >= 0.3 is 0 Å². The third kappa shape index (κ3) is 5.60. The predicted molar refractivity (Wildman–Crippen MR) is 147 cm³/mol. The number of ether oxygens (including phenoxy) is 1. The zero-order chi connectivity index (χ0) is 25.7. The molecule has 1 amide bonds. The first-order chi connectivity index (χ1) is 17.3. The molecule has 3 aromatic carbocycles. The maximum Gasteiger partial charge on any atom is 0.250 e. The number of nitrogens with zero attached hydrogens (tertiary/aromatic N) is 4. The number of carbonyl (C=O) groups is 1. The number of aromatic nitrogens is 3. The zero-order valence-electron chi connectivity index (χ0n) is 21.3. The zero-order valence-corrected chi connectivity index (χ0v) is 22.1. The highest BCUT2D eigenvalue weighted by Crippen LogP contribution is 2.28. The minimum absolute atomic E-state index is 0.0898. The minimum atomic E-state index is -0.225. The lowest BCUT2D eigenvalue weighted by atomic mass is 9.87. The fourth-order valence-corrected chi connectivity index (χ4v) is 4.73. The quantitative estimate of drug-likeness (QED) is 0.191. The van der Waals surface area contributed by atoms with Gasteiger partial charge in [0.1, 0.15) is 5.75 Å². The van der Waals surface area contributed by atoms with Gasteiger partial charge in [-0.15, -0.1) is 10.2 Å². The first-order valence-corrected chi connectivity index (χ1v) is 12.8. The molecule has 8 heteroatoms. The first kappa shape index (κ1) is 25.4. The fourth-order valence-electron chi connectivity index (χ4n) is 3.93. The molecule has 0 spiro atoms. The van der Waals surface area contributed by atoms with Crippen LogP contribution in [0.5, 0.6) is 5.75 Å². The van der Waals surface area contributed by atoms with Crippen molar-refractivity contribution in [1.82, 2.24) is 20.2 Å². The van der Waals surface area contributed by atoms with Crippen LogP contribution in [0.2, 0.25) is 0 Å². The summed E-state index contributed by atoms with van der Waals surface area (Å²) in [6.45, 7) is 9.32. The summed E-state index contributed by atoms with van der Waals surface area (Å²) in [4.78, 5) is 12.5. The van der Waals surface area contributed by atoms with Crippen molar-refractivity contribution in [2.75, 3.05) is 12.9 Å². The predicted octanol–water partition coefficient (Wildman–Crippen LogP) is 5.67. The second-order valence-corrected chi connectivity index (χ2v) is 10.3. The van der Waals surface area contributed by atoms with Crippen molar-refractivity contribution in [3.63, 3.8) is 0 Å². The van der Waals surface area contributed by atoms with Crippen molar-refractivity contribution in [2.24, 2.45) is 5.10 Å². The van der Waals surface area contributed by atoms with E-state index in [1.165, 1.54) is 17.3 Å². The number of hydrogen-bond acceptors (Lipinski definition) is 6. The highest BCUT2D eigenvalue weighted by Gasteiger charge is 2.17. The van der Waals surface area contributed by atoms with Crippen LogP contribution in [0.4, 0.5) is 0 Å². The van der Waals surface area contributed by atoms with Crippen LogP contribution >= 0.6 is 11.8 Å². The van der Waals surface area contributed by atoms with E-state index in [1.54, 1.807) is 13.3 Å². The molecule has 0 aliphatic rings. The van der Waals surface area contributed by atoms with Gasteiger partial charge in [0.15, 0.2) is 11.0 Å². The maximum absolute atomic E-state index is 12.5. The molecule has 0 radical (unpaired) electrons. The fraction of sp³-hybridized carbons (Fsp3) is 0.286. The number of hydrazone groups is 1. The average Bonchev–Trinajstić information content (AvgIpc) is 3.30. The molecule has 0 atom stereocenters. The highest BCUT2D eigenvalue weighted by molar-refractivity contribution is 7.99. The van der Waals surface area contributed by atoms with Crippen LogP contribution in [-0.4, -0.2) is 39.7 Å². The van der Waals surface area contributed by atoms with Gasteiger partial charge in [-0.05, 0) is 34.7 Å².